The zero-order valence-corrected chi connectivity index (χ0v) is 18.2. The Bertz CT molecular complexity index is 878. The SMILES string of the molecule is CCOc1cc(C)ccc1N1CCN(CCCNc2cnn(C)c(=O)c2Cl)CC1. The van der Waals surface area contributed by atoms with Gasteiger partial charge in [0.05, 0.1) is 24.2 Å². The number of halogens is 1. The van der Waals surface area contributed by atoms with E-state index in [0.29, 0.717) is 12.3 Å². The Labute approximate surface area is 177 Å². The topological polar surface area (TPSA) is 62.6 Å². The predicted molar refractivity (Wildman–Crippen MR) is 119 cm³/mol. The minimum absolute atomic E-state index is 0.194. The normalized spacial score (nSPS) is 14.8. The van der Waals surface area contributed by atoms with Crippen LogP contribution in [0.1, 0.15) is 18.9 Å². The molecule has 2 heterocycles. The molecule has 0 spiro atoms. The molecule has 29 heavy (non-hydrogen) atoms. The van der Waals surface area contributed by atoms with Gasteiger partial charge in [-0.15, -0.1) is 0 Å². The van der Waals surface area contributed by atoms with Crippen LogP contribution in [0, 0.1) is 6.92 Å². The summed E-state index contributed by atoms with van der Waals surface area (Å²) in [7, 11) is 1.59. The Morgan fingerprint density at radius 3 is 2.72 bits per heavy atom. The molecular weight excluding hydrogens is 390 g/mol. The van der Waals surface area contributed by atoms with Gasteiger partial charge in [0.25, 0.3) is 5.56 Å². The number of benzene rings is 1. The average molecular weight is 420 g/mol. The smallest absolute Gasteiger partial charge is 0.287 e. The molecule has 158 valence electrons. The second kappa shape index (κ2) is 9.98. The lowest BCUT2D eigenvalue weighted by Gasteiger charge is -2.36. The maximum absolute atomic E-state index is 11.8. The van der Waals surface area contributed by atoms with E-state index in [9.17, 15) is 4.79 Å². The summed E-state index contributed by atoms with van der Waals surface area (Å²) in [6, 6.07) is 6.43. The van der Waals surface area contributed by atoms with Crippen molar-refractivity contribution in [2.45, 2.75) is 20.3 Å². The van der Waals surface area contributed by atoms with E-state index in [1.807, 2.05) is 6.92 Å². The Balaban J connectivity index is 1.45. The Kier molecular flexibility index (Phi) is 7.39. The fraction of sp³-hybridized carbons (Fsp3) is 0.524. The Morgan fingerprint density at radius 1 is 1.24 bits per heavy atom. The zero-order valence-electron chi connectivity index (χ0n) is 17.4. The van der Waals surface area contributed by atoms with E-state index in [-0.39, 0.29) is 10.6 Å². The minimum Gasteiger partial charge on any atom is -0.492 e. The van der Waals surface area contributed by atoms with Gasteiger partial charge in [0.15, 0.2) is 0 Å². The maximum Gasteiger partial charge on any atom is 0.287 e. The molecule has 1 aliphatic heterocycles. The molecule has 0 aliphatic carbocycles. The van der Waals surface area contributed by atoms with Crippen molar-refractivity contribution >= 4 is 23.0 Å². The molecule has 0 unspecified atom stereocenters. The zero-order chi connectivity index (χ0) is 20.8. The molecule has 0 radical (unpaired) electrons. The van der Waals surface area contributed by atoms with E-state index >= 15 is 0 Å². The molecule has 3 rings (SSSR count). The molecule has 1 aromatic heterocycles. The first kappa shape index (κ1) is 21.5. The molecule has 0 saturated carbocycles. The van der Waals surface area contributed by atoms with Crippen molar-refractivity contribution < 1.29 is 4.74 Å². The fourth-order valence-electron chi connectivity index (χ4n) is 3.53. The third-order valence-electron chi connectivity index (χ3n) is 5.17. The summed E-state index contributed by atoms with van der Waals surface area (Å²) in [6.07, 6.45) is 2.57. The Morgan fingerprint density at radius 2 is 2.00 bits per heavy atom. The van der Waals surface area contributed by atoms with Gasteiger partial charge in [0.2, 0.25) is 0 Å². The number of rotatable bonds is 8. The van der Waals surface area contributed by atoms with E-state index < -0.39 is 0 Å². The van der Waals surface area contributed by atoms with Gasteiger partial charge < -0.3 is 15.0 Å². The van der Waals surface area contributed by atoms with E-state index in [2.05, 4.69) is 45.3 Å². The number of nitrogens with zero attached hydrogens (tertiary/aromatic N) is 4. The third-order valence-corrected chi connectivity index (χ3v) is 5.54. The van der Waals surface area contributed by atoms with Crippen molar-refractivity contribution in [3.63, 3.8) is 0 Å². The molecule has 1 N–H and O–H groups in total. The van der Waals surface area contributed by atoms with Crippen molar-refractivity contribution in [3.05, 3.63) is 45.3 Å². The third kappa shape index (κ3) is 5.42. The van der Waals surface area contributed by atoms with Crippen LogP contribution in [0.3, 0.4) is 0 Å². The fourth-order valence-corrected chi connectivity index (χ4v) is 3.76. The summed E-state index contributed by atoms with van der Waals surface area (Å²) in [5, 5.41) is 7.42. The van der Waals surface area contributed by atoms with Gasteiger partial charge in [-0.2, -0.15) is 5.10 Å². The molecule has 7 nitrogen and oxygen atoms in total. The van der Waals surface area contributed by atoms with Gasteiger partial charge >= 0.3 is 0 Å². The van der Waals surface area contributed by atoms with Crippen LogP contribution in [-0.4, -0.2) is 60.6 Å². The van der Waals surface area contributed by atoms with Gasteiger partial charge in [-0.1, -0.05) is 17.7 Å². The molecule has 2 aromatic rings. The maximum atomic E-state index is 11.8. The van der Waals surface area contributed by atoms with Crippen molar-refractivity contribution in [2.75, 3.05) is 56.1 Å². The number of anilines is 2. The number of aryl methyl sites for hydroxylation is 2. The monoisotopic (exact) mass is 419 g/mol. The summed E-state index contributed by atoms with van der Waals surface area (Å²) in [6.45, 7) is 10.6. The van der Waals surface area contributed by atoms with Crippen LogP contribution in [0.25, 0.3) is 0 Å². The lowest BCUT2D eigenvalue weighted by molar-refractivity contribution is 0.256. The van der Waals surface area contributed by atoms with Crippen LogP contribution in [-0.2, 0) is 7.05 Å². The second-order valence-electron chi connectivity index (χ2n) is 7.31. The largest absolute Gasteiger partial charge is 0.492 e. The van der Waals surface area contributed by atoms with Crippen molar-refractivity contribution in [3.8, 4) is 5.75 Å². The summed E-state index contributed by atoms with van der Waals surface area (Å²) in [5.74, 6) is 0.977. The van der Waals surface area contributed by atoms with E-state index in [1.165, 1.54) is 15.9 Å². The molecule has 1 aromatic carbocycles. The summed E-state index contributed by atoms with van der Waals surface area (Å²) in [5.41, 5.74) is 2.72. The number of hydrogen-bond donors (Lipinski definition) is 1. The molecule has 8 heteroatoms. The number of hydrogen-bond acceptors (Lipinski definition) is 6. The van der Waals surface area contributed by atoms with Gasteiger partial charge in [0.1, 0.15) is 10.8 Å². The van der Waals surface area contributed by atoms with Crippen molar-refractivity contribution in [1.29, 1.82) is 0 Å². The molecule has 0 amide bonds. The molecule has 0 bridgehead atoms. The highest BCUT2D eigenvalue weighted by atomic mass is 35.5. The quantitative estimate of drug-likeness (QED) is 0.664. The molecule has 1 saturated heterocycles. The first-order chi connectivity index (χ1) is 14.0. The van der Waals surface area contributed by atoms with Gasteiger partial charge in [-0.3, -0.25) is 9.69 Å². The van der Waals surface area contributed by atoms with Crippen LogP contribution in [0.5, 0.6) is 5.75 Å². The highest BCUT2D eigenvalue weighted by molar-refractivity contribution is 6.32. The summed E-state index contributed by atoms with van der Waals surface area (Å²) < 4.78 is 7.08. The predicted octanol–water partition coefficient (Wildman–Crippen LogP) is 2.77. The van der Waals surface area contributed by atoms with Gasteiger partial charge in [-0.25, -0.2) is 4.68 Å². The second-order valence-corrected chi connectivity index (χ2v) is 7.69. The first-order valence-corrected chi connectivity index (χ1v) is 10.5. The van der Waals surface area contributed by atoms with Crippen LogP contribution in [0.4, 0.5) is 11.4 Å². The highest BCUT2D eigenvalue weighted by Gasteiger charge is 2.19. The Hall–Kier alpha value is -2.25. The van der Waals surface area contributed by atoms with E-state index in [0.717, 1.165) is 51.4 Å². The molecule has 1 aliphatic rings. The van der Waals surface area contributed by atoms with Crippen LogP contribution in [0.15, 0.2) is 29.2 Å². The summed E-state index contributed by atoms with van der Waals surface area (Å²) >= 11 is 6.08. The van der Waals surface area contributed by atoms with E-state index in [4.69, 9.17) is 16.3 Å². The van der Waals surface area contributed by atoms with Gasteiger partial charge in [-0.05, 0) is 44.5 Å². The lowest BCUT2D eigenvalue weighted by atomic mass is 10.1. The van der Waals surface area contributed by atoms with E-state index in [1.54, 1.807) is 13.2 Å². The van der Waals surface area contributed by atoms with Gasteiger partial charge in [0, 0.05) is 39.8 Å². The summed E-state index contributed by atoms with van der Waals surface area (Å²) in [4.78, 5) is 16.7. The van der Waals surface area contributed by atoms with Crippen LogP contribution >= 0.6 is 11.6 Å². The molecule has 0 atom stereocenters. The van der Waals surface area contributed by atoms with Crippen LogP contribution in [0.2, 0.25) is 5.02 Å². The number of nitrogens with one attached hydrogen (secondary N) is 1. The highest BCUT2D eigenvalue weighted by Crippen LogP contribution is 2.30. The minimum atomic E-state index is -0.282. The number of aromatic nitrogens is 2. The number of ether oxygens (including phenoxy) is 1. The molecule has 1 fully saturated rings. The van der Waals surface area contributed by atoms with Crippen molar-refractivity contribution in [2.24, 2.45) is 7.05 Å². The number of piperazine rings is 1. The lowest BCUT2D eigenvalue weighted by Crippen LogP contribution is -2.47. The molecular formula is C21H30ClN5O2. The first-order valence-electron chi connectivity index (χ1n) is 10.2. The average Bonchev–Trinajstić information content (AvgIpc) is 2.72. The standard InChI is InChI=1S/C21H30ClN5O2/c1-4-29-19-14-16(2)6-7-18(19)27-12-10-26(11-13-27)9-5-8-23-17-15-24-25(3)21(28)20(17)22/h6-7,14-15,23H,4-5,8-13H2,1-3H3. The van der Waals surface area contributed by atoms with Crippen LogP contribution < -0.4 is 20.5 Å². The van der Waals surface area contributed by atoms with Crippen molar-refractivity contribution in [1.82, 2.24) is 14.7 Å².